The number of carbonyl (C=O) groups excluding carboxylic acids is 1. The zero-order valence-electron chi connectivity index (χ0n) is 22.1. The molecule has 5 aliphatic rings. The molecule has 1 heterocycles. The van der Waals surface area contributed by atoms with Gasteiger partial charge in [-0.3, -0.25) is 4.79 Å². The molecule has 7 nitrogen and oxygen atoms in total. The van der Waals surface area contributed by atoms with Crippen LogP contribution in [0.15, 0.2) is 41.3 Å². The Morgan fingerprint density at radius 2 is 1.70 bits per heavy atom. The van der Waals surface area contributed by atoms with Crippen LogP contribution in [0.25, 0.3) is 10.8 Å². The molecule has 200 valence electrons. The fourth-order valence-electron chi connectivity index (χ4n) is 8.23. The first-order valence-corrected chi connectivity index (χ1v) is 15.2. The van der Waals surface area contributed by atoms with Gasteiger partial charge in [0.1, 0.15) is 5.54 Å². The van der Waals surface area contributed by atoms with Crippen LogP contribution >= 0.6 is 0 Å². The highest BCUT2D eigenvalue weighted by atomic mass is 32.2. The number of fused-ring (bicyclic) bond motifs is 1. The zero-order chi connectivity index (χ0) is 26.2. The lowest BCUT2D eigenvalue weighted by Crippen LogP contribution is -2.66. The second-order valence-electron chi connectivity index (χ2n) is 12.5. The van der Waals surface area contributed by atoms with Gasteiger partial charge in [-0.2, -0.15) is 4.31 Å². The number of carbonyl (C=O) groups is 1. The van der Waals surface area contributed by atoms with E-state index >= 15 is 0 Å². The van der Waals surface area contributed by atoms with Crippen molar-refractivity contribution in [3.63, 3.8) is 0 Å². The van der Waals surface area contributed by atoms with Crippen LogP contribution in [0.1, 0.15) is 58.3 Å². The molecule has 1 amide bonds. The van der Waals surface area contributed by atoms with Crippen molar-refractivity contribution < 1.29 is 18.3 Å². The van der Waals surface area contributed by atoms with Crippen molar-refractivity contribution in [3.8, 4) is 0 Å². The van der Waals surface area contributed by atoms with E-state index in [4.69, 9.17) is 0 Å². The first-order valence-electron chi connectivity index (χ1n) is 13.8. The molecular formula is C29H39N3O4S. The summed E-state index contributed by atoms with van der Waals surface area (Å²) in [6.07, 6.45) is 6.53. The Morgan fingerprint density at radius 3 is 2.38 bits per heavy atom. The number of piperidine rings is 1. The Balaban J connectivity index is 1.33. The van der Waals surface area contributed by atoms with Crippen molar-refractivity contribution in [2.24, 2.45) is 17.8 Å². The van der Waals surface area contributed by atoms with Crippen molar-refractivity contribution >= 4 is 32.4 Å². The van der Waals surface area contributed by atoms with Gasteiger partial charge in [0.15, 0.2) is 0 Å². The molecule has 0 radical (unpaired) electrons. The summed E-state index contributed by atoms with van der Waals surface area (Å²) in [4.78, 5) is 16.2. The molecule has 4 bridgehead atoms. The third-order valence-corrected chi connectivity index (χ3v) is 11.8. The minimum Gasteiger partial charge on any atom is -0.390 e. The SMILES string of the molecule is CN(C)c1cccc2c(S(=O)(=O)N3CCCCC3(C)C(=O)NC3C4CC5CC3CC(O)(C5)C4)cccc12. The summed E-state index contributed by atoms with van der Waals surface area (Å²) < 4.78 is 30.0. The predicted octanol–water partition coefficient (Wildman–Crippen LogP) is 3.89. The molecule has 0 aromatic heterocycles. The zero-order valence-corrected chi connectivity index (χ0v) is 22.9. The van der Waals surface area contributed by atoms with Crippen molar-refractivity contribution in [2.45, 2.75) is 80.4 Å². The van der Waals surface area contributed by atoms with E-state index in [1.165, 1.54) is 4.31 Å². The number of hydrogen-bond acceptors (Lipinski definition) is 5. The fraction of sp³-hybridized carbons (Fsp3) is 0.621. The highest BCUT2D eigenvalue weighted by Gasteiger charge is 2.56. The van der Waals surface area contributed by atoms with Crippen LogP contribution in [-0.2, 0) is 14.8 Å². The maximum Gasteiger partial charge on any atom is 0.244 e. The number of nitrogens with one attached hydrogen (secondary N) is 1. The quantitative estimate of drug-likeness (QED) is 0.618. The lowest BCUT2D eigenvalue weighted by molar-refractivity contribution is -0.151. The van der Waals surface area contributed by atoms with E-state index in [0.717, 1.165) is 56.0 Å². The van der Waals surface area contributed by atoms with E-state index in [1.54, 1.807) is 19.1 Å². The van der Waals surface area contributed by atoms with E-state index in [9.17, 15) is 18.3 Å². The topological polar surface area (TPSA) is 90.0 Å². The number of hydrogen-bond donors (Lipinski definition) is 2. The first kappa shape index (κ1) is 25.1. The number of nitrogens with zero attached hydrogens (tertiary/aromatic N) is 2. The summed E-state index contributed by atoms with van der Waals surface area (Å²) in [5, 5.41) is 15.9. The molecule has 1 saturated heterocycles. The molecule has 5 fully saturated rings. The Hall–Kier alpha value is -2.16. The summed E-state index contributed by atoms with van der Waals surface area (Å²) in [5.41, 5.74) is -0.761. The standard InChI is InChI=1S/C29H39N3O4S/c1-28(27(33)30-26-20-14-19-15-21(26)18-29(34,16-19)17-20)12-4-5-13-32(28)37(35,36)25-11-7-8-22-23(25)9-6-10-24(22)31(2)3/h6-11,19-21,26,34H,4-5,12-18H2,1-3H3,(H,30,33). The van der Waals surface area contributed by atoms with E-state index < -0.39 is 21.2 Å². The van der Waals surface area contributed by atoms with Crippen molar-refractivity contribution in [1.29, 1.82) is 0 Å². The van der Waals surface area contributed by atoms with E-state index in [2.05, 4.69) is 5.32 Å². The van der Waals surface area contributed by atoms with Gasteiger partial charge in [-0.15, -0.1) is 0 Å². The molecular weight excluding hydrogens is 486 g/mol. The molecule has 3 atom stereocenters. The van der Waals surface area contributed by atoms with Crippen LogP contribution in [0.3, 0.4) is 0 Å². The second kappa shape index (κ2) is 8.68. The summed E-state index contributed by atoms with van der Waals surface area (Å²) in [7, 11) is -0.0425. The lowest BCUT2D eigenvalue weighted by Gasteiger charge is -2.58. The van der Waals surface area contributed by atoms with Crippen LogP contribution < -0.4 is 10.2 Å². The number of sulfonamides is 1. The van der Waals surface area contributed by atoms with Gasteiger partial charge in [0.05, 0.1) is 10.5 Å². The predicted molar refractivity (Wildman–Crippen MR) is 145 cm³/mol. The number of amides is 1. The maximum absolute atomic E-state index is 14.3. The minimum absolute atomic E-state index is 0.0211. The molecule has 2 aromatic carbocycles. The number of benzene rings is 2. The fourth-order valence-corrected chi connectivity index (χ4v) is 10.2. The van der Waals surface area contributed by atoms with Gasteiger partial charge in [-0.05, 0) is 88.2 Å². The number of anilines is 1. The van der Waals surface area contributed by atoms with Crippen LogP contribution in [0.5, 0.6) is 0 Å². The maximum atomic E-state index is 14.3. The monoisotopic (exact) mass is 525 g/mol. The van der Waals surface area contributed by atoms with E-state index in [0.29, 0.717) is 24.3 Å². The second-order valence-corrected chi connectivity index (χ2v) is 14.4. The molecule has 0 spiro atoms. The Labute approximate surface area is 220 Å². The molecule has 2 N–H and O–H groups in total. The van der Waals surface area contributed by atoms with Crippen molar-refractivity contribution in [1.82, 2.24) is 9.62 Å². The van der Waals surface area contributed by atoms with Crippen LogP contribution in [-0.4, -0.2) is 61.6 Å². The molecule has 4 saturated carbocycles. The largest absolute Gasteiger partial charge is 0.390 e. The van der Waals surface area contributed by atoms with Gasteiger partial charge in [-0.25, -0.2) is 8.42 Å². The minimum atomic E-state index is -3.94. The van der Waals surface area contributed by atoms with Gasteiger partial charge in [0, 0.05) is 43.1 Å². The summed E-state index contributed by atoms with van der Waals surface area (Å²) in [6, 6.07) is 11.2. The Morgan fingerprint density at radius 1 is 1.03 bits per heavy atom. The summed E-state index contributed by atoms with van der Waals surface area (Å²) in [5.74, 6) is 0.922. The third-order valence-electron chi connectivity index (χ3n) is 9.76. The highest BCUT2D eigenvalue weighted by molar-refractivity contribution is 7.89. The number of rotatable bonds is 5. The Kier molecular flexibility index (Phi) is 5.90. The van der Waals surface area contributed by atoms with Crippen molar-refractivity contribution in [3.05, 3.63) is 36.4 Å². The Bertz CT molecular complexity index is 1330. The average Bonchev–Trinajstić information content (AvgIpc) is 2.84. The molecule has 4 aliphatic carbocycles. The lowest BCUT2D eigenvalue weighted by atomic mass is 9.52. The third kappa shape index (κ3) is 3.98. The van der Waals surface area contributed by atoms with E-state index in [1.807, 2.05) is 43.3 Å². The van der Waals surface area contributed by atoms with Gasteiger partial charge in [0.2, 0.25) is 15.9 Å². The number of aliphatic hydroxyl groups is 1. The van der Waals surface area contributed by atoms with E-state index in [-0.39, 0.29) is 28.7 Å². The van der Waals surface area contributed by atoms with Gasteiger partial charge in [-0.1, -0.05) is 24.3 Å². The first-order chi connectivity index (χ1) is 17.5. The van der Waals surface area contributed by atoms with Gasteiger partial charge < -0.3 is 15.3 Å². The molecule has 7 rings (SSSR count). The summed E-state index contributed by atoms with van der Waals surface area (Å²) >= 11 is 0. The molecule has 8 heteroatoms. The van der Waals surface area contributed by atoms with Crippen molar-refractivity contribution in [2.75, 3.05) is 25.5 Å². The van der Waals surface area contributed by atoms with Gasteiger partial charge in [0.25, 0.3) is 0 Å². The molecule has 1 aliphatic heterocycles. The molecule has 37 heavy (non-hydrogen) atoms. The van der Waals surface area contributed by atoms with Crippen LogP contribution in [0.4, 0.5) is 5.69 Å². The summed E-state index contributed by atoms with van der Waals surface area (Å²) in [6.45, 7) is 2.13. The van der Waals surface area contributed by atoms with Crippen LogP contribution in [0, 0.1) is 17.8 Å². The van der Waals surface area contributed by atoms with Crippen LogP contribution in [0.2, 0.25) is 0 Å². The highest BCUT2D eigenvalue weighted by Crippen LogP contribution is 2.55. The van der Waals surface area contributed by atoms with Gasteiger partial charge >= 0.3 is 0 Å². The molecule has 2 aromatic rings. The molecule has 3 unspecified atom stereocenters. The smallest absolute Gasteiger partial charge is 0.244 e. The average molecular weight is 526 g/mol. The normalized spacial score (nSPS) is 35.6.